The summed E-state index contributed by atoms with van der Waals surface area (Å²) in [5.74, 6) is 0.0735. The normalized spacial score (nSPS) is 10.6. The molecule has 0 aliphatic carbocycles. The van der Waals surface area contributed by atoms with Crippen LogP contribution in [0, 0.1) is 0 Å². The van der Waals surface area contributed by atoms with Crippen molar-refractivity contribution in [2.75, 3.05) is 6.54 Å². The van der Waals surface area contributed by atoms with Crippen LogP contribution in [-0.2, 0) is 0 Å². The maximum Gasteiger partial charge on any atom is 0.164 e. The van der Waals surface area contributed by atoms with Crippen molar-refractivity contribution in [2.24, 2.45) is 5.73 Å². The molecule has 0 spiro atoms. The summed E-state index contributed by atoms with van der Waals surface area (Å²) >= 11 is 6.05. The van der Waals surface area contributed by atoms with E-state index in [0.29, 0.717) is 23.6 Å². The Labute approximate surface area is 99.0 Å². The summed E-state index contributed by atoms with van der Waals surface area (Å²) in [4.78, 5) is 11.7. The summed E-state index contributed by atoms with van der Waals surface area (Å²) in [6.45, 7) is 0.381. The zero-order valence-corrected chi connectivity index (χ0v) is 9.50. The molecule has 16 heavy (non-hydrogen) atoms. The molecule has 0 atom stereocenters. The maximum absolute atomic E-state index is 11.7. The first-order valence-electron chi connectivity index (χ1n) is 5.14. The molecule has 3 heteroatoms. The van der Waals surface area contributed by atoms with Crippen LogP contribution in [0.1, 0.15) is 16.8 Å². The molecular weight excluding hydrogens is 222 g/mol. The Bertz CT molecular complexity index is 536. The number of benzene rings is 2. The van der Waals surface area contributed by atoms with Crippen LogP contribution in [0.3, 0.4) is 0 Å². The minimum atomic E-state index is 0.0735. The number of carbonyl (C=O) groups excluding carboxylic acids is 1. The van der Waals surface area contributed by atoms with E-state index >= 15 is 0 Å². The van der Waals surface area contributed by atoms with Gasteiger partial charge in [-0.3, -0.25) is 4.79 Å². The van der Waals surface area contributed by atoms with Crippen molar-refractivity contribution in [1.29, 1.82) is 0 Å². The van der Waals surface area contributed by atoms with Crippen LogP contribution in [0.5, 0.6) is 0 Å². The average molecular weight is 234 g/mol. The molecule has 0 radical (unpaired) electrons. The van der Waals surface area contributed by atoms with E-state index < -0.39 is 0 Å². The molecule has 0 aliphatic rings. The molecule has 0 amide bonds. The third-order valence-electron chi connectivity index (χ3n) is 2.52. The van der Waals surface area contributed by atoms with Crippen LogP contribution in [0.2, 0.25) is 5.02 Å². The average Bonchev–Trinajstić information content (AvgIpc) is 2.29. The zero-order valence-electron chi connectivity index (χ0n) is 8.74. The zero-order chi connectivity index (χ0) is 11.5. The third-order valence-corrected chi connectivity index (χ3v) is 2.85. The van der Waals surface area contributed by atoms with Gasteiger partial charge in [0.25, 0.3) is 0 Å². The highest BCUT2D eigenvalue weighted by atomic mass is 35.5. The first-order chi connectivity index (χ1) is 7.72. The van der Waals surface area contributed by atoms with E-state index in [0.717, 1.165) is 10.8 Å². The molecule has 0 unspecified atom stereocenters. The maximum atomic E-state index is 11.7. The smallest absolute Gasteiger partial charge is 0.164 e. The van der Waals surface area contributed by atoms with Crippen LogP contribution < -0.4 is 5.73 Å². The SMILES string of the molecule is NCCC(=O)c1ccc2c(Cl)cccc2c1. The Morgan fingerprint density at radius 3 is 2.81 bits per heavy atom. The standard InChI is InChI=1S/C13H12ClNO/c14-12-3-1-2-9-8-10(4-5-11(9)12)13(16)6-7-15/h1-5,8H,6-7,15H2. The molecule has 0 heterocycles. The number of nitrogens with two attached hydrogens (primary N) is 1. The Kier molecular flexibility index (Phi) is 3.22. The predicted octanol–water partition coefficient (Wildman–Crippen LogP) is 3.02. The van der Waals surface area contributed by atoms with Gasteiger partial charge in [-0.1, -0.05) is 35.9 Å². The number of rotatable bonds is 3. The molecule has 0 aromatic heterocycles. The number of fused-ring (bicyclic) bond motifs is 1. The molecule has 0 aliphatic heterocycles. The van der Waals surface area contributed by atoms with Crippen molar-refractivity contribution in [1.82, 2.24) is 0 Å². The lowest BCUT2D eigenvalue weighted by Gasteiger charge is -2.03. The Hall–Kier alpha value is -1.38. The highest BCUT2D eigenvalue weighted by Gasteiger charge is 2.06. The summed E-state index contributed by atoms with van der Waals surface area (Å²) in [6, 6.07) is 11.2. The summed E-state index contributed by atoms with van der Waals surface area (Å²) in [5, 5.41) is 2.65. The van der Waals surface area contributed by atoms with Crippen LogP contribution in [0.15, 0.2) is 36.4 Å². The van der Waals surface area contributed by atoms with Gasteiger partial charge in [0.1, 0.15) is 0 Å². The fourth-order valence-corrected chi connectivity index (χ4v) is 1.94. The molecule has 0 saturated carbocycles. The fourth-order valence-electron chi connectivity index (χ4n) is 1.69. The number of hydrogen-bond acceptors (Lipinski definition) is 2. The molecule has 2 aromatic rings. The Balaban J connectivity index is 2.48. The van der Waals surface area contributed by atoms with Crippen molar-refractivity contribution in [2.45, 2.75) is 6.42 Å². The van der Waals surface area contributed by atoms with Gasteiger partial charge in [-0.05, 0) is 24.1 Å². The molecule has 82 valence electrons. The minimum Gasteiger partial charge on any atom is -0.330 e. The first-order valence-corrected chi connectivity index (χ1v) is 5.51. The summed E-state index contributed by atoms with van der Waals surface area (Å²) in [5.41, 5.74) is 6.06. The van der Waals surface area contributed by atoms with Gasteiger partial charge in [0, 0.05) is 22.4 Å². The van der Waals surface area contributed by atoms with E-state index in [1.807, 2.05) is 30.3 Å². The van der Waals surface area contributed by atoms with Gasteiger partial charge in [-0.2, -0.15) is 0 Å². The highest BCUT2D eigenvalue weighted by Crippen LogP contribution is 2.24. The van der Waals surface area contributed by atoms with Crippen LogP contribution >= 0.6 is 11.6 Å². The number of halogens is 1. The lowest BCUT2D eigenvalue weighted by atomic mass is 10.0. The van der Waals surface area contributed by atoms with Crippen molar-refractivity contribution in [3.8, 4) is 0 Å². The largest absolute Gasteiger partial charge is 0.330 e. The molecule has 2 N–H and O–H groups in total. The van der Waals surface area contributed by atoms with E-state index in [1.165, 1.54) is 0 Å². The summed E-state index contributed by atoms with van der Waals surface area (Å²) in [6.07, 6.45) is 0.381. The highest BCUT2D eigenvalue weighted by molar-refractivity contribution is 6.35. The second kappa shape index (κ2) is 4.64. The quantitative estimate of drug-likeness (QED) is 0.829. The Morgan fingerprint density at radius 1 is 1.25 bits per heavy atom. The van der Waals surface area contributed by atoms with Crippen molar-refractivity contribution in [3.05, 3.63) is 47.0 Å². The number of carbonyl (C=O) groups is 1. The molecule has 2 aromatic carbocycles. The Morgan fingerprint density at radius 2 is 2.06 bits per heavy atom. The van der Waals surface area contributed by atoms with Crippen molar-refractivity contribution in [3.63, 3.8) is 0 Å². The van der Waals surface area contributed by atoms with Gasteiger partial charge >= 0.3 is 0 Å². The van der Waals surface area contributed by atoms with Crippen LogP contribution in [-0.4, -0.2) is 12.3 Å². The summed E-state index contributed by atoms with van der Waals surface area (Å²) in [7, 11) is 0. The van der Waals surface area contributed by atoms with Gasteiger partial charge < -0.3 is 5.73 Å². The third kappa shape index (κ3) is 2.08. The van der Waals surface area contributed by atoms with E-state index in [-0.39, 0.29) is 5.78 Å². The fraction of sp³-hybridized carbons (Fsp3) is 0.154. The number of Topliss-reactive ketones (excluding diaryl/α,β-unsaturated/α-hetero) is 1. The molecule has 0 saturated heterocycles. The molecular formula is C13H12ClNO. The molecule has 2 rings (SSSR count). The number of hydrogen-bond donors (Lipinski definition) is 1. The number of ketones is 1. The topological polar surface area (TPSA) is 43.1 Å². The molecule has 2 nitrogen and oxygen atoms in total. The van der Waals surface area contributed by atoms with Crippen molar-refractivity contribution < 1.29 is 4.79 Å². The van der Waals surface area contributed by atoms with Gasteiger partial charge in [-0.25, -0.2) is 0 Å². The predicted molar refractivity (Wildman–Crippen MR) is 67.0 cm³/mol. The van der Waals surface area contributed by atoms with E-state index in [4.69, 9.17) is 17.3 Å². The van der Waals surface area contributed by atoms with Gasteiger partial charge in [0.2, 0.25) is 0 Å². The molecule has 0 bridgehead atoms. The van der Waals surface area contributed by atoms with Gasteiger partial charge in [0.15, 0.2) is 5.78 Å². The van der Waals surface area contributed by atoms with Gasteiger partial charge in [0.05, 0.1) is 0 Å². The minimum absolute atomic E-state index is 0.0735. The second-order valence-corrected chi connectivity index (χ2v) is 4.04. The monoisotopic (exact) mass is 233 g/mol. The first kappa shape index (κ1) is 11.1. The summed E-state index contributed by atoms with van der Waals surface area (Å²) < 4.78 is 0. The second-order valence-electron chi connectivity index (χ2n) is 3.64. The van der Waals surface area contributed by atoms with E-state index in [9.17, 15) is 4.79 Å². The van der Waals surface area contributed by atoms with E-state index in [1.54, 1.807) is 6.07 Å². The van der Waals surface area contributed by atoms with E-state index in [2.05, 4.69) is 0 Å². The molecule has 0 fully saturated rings. The van der Waals surface area contributed by atoms with Gasteiger partial charge in [-0.15, -0.1) is 0 Å². The van der Waals surface area contributed by atoms with Crippen molar-refractivity contribution >= 4 is 28.2 Å². The van der Waals surface area contributed by atoms with Crippen LogP contribution in [0.4, 0.5) is 0 Å². The van der Waals surface area contributed by atoms with Crippen LogP contribution in [0.25, 0.3) is 10.8 Å². The lowest BCUT2D eigenvalue weighted by Crippen LogP contribution is -2.07. The lowest BCUT2D eigenvalue weighted by molar-refractivity contribution is 0.0985.